The summed E-state index contributed by atoms with van der Waals surface area (Å²) in [5.74, 6) is 0. The molecule has 0 saturated heterocycles. The Morgan fingerprint density at radius 1 is 1.23 bits per heavy atom. The molecule has 0 atom stereocenters. The largest absolute Gasteiger partial charge is 0.382 e. The van der Waals surface area contributed by atoms with Crippen molar-refractivity contribution >= 4 is 17.4 Å². The van der Waals surface area contributed by atoms with Crippen LogP contribution in [-0.2, 0) is 9.47 Å². The van der Waals surface area contributed by atoms with Crippen LogP contribution in [0.25, 0.3) is 0 Å². The molecule has 22 heavy (non-hydrogen) atoms. The maximum Gasteiger partial charge on any atom is 0.321 e. The van der Waals surface area contributed by atoms with Crippen molar-refractivity contribution in [3.05, 3.63) is 23.8 Å². The molecule has 0 unspecified atom stereocenters. The molecule has 0 aliphatic carbocycles. The van der Waals surface area contributed by atoms with Gasteiger partial charge in [-0.2, -0.15) is 0 Å². The van der Waals surface area contributed by atoms with Crippen LogP contribution in [0.2, 0.25) is 0 Å². The number of amides is 2. The molecular weight excluding hydrogens is 282 g/mol. The van der Waals surface area contributed by atoms with Crippen LogP contribution >= 0.6 is 0 Å². The minimum atomic E-state index is -0.281. The number of nitrogens with zero attached hydrogens (tertiary/aromatic N) is 1. The van der Waals surface area contributed by atoms with Gasteiger partial charge in [0.25, 0.3) is 0 Å². The van der Waals surface area contributed by atoms with Gasteiger partial charge in [-0.05, 0) is 44.5 Å². The molecule has 0 bridgehead atoms. The van der Waals surface area contributed by atoms with Crippen molar-refractivity contribution < 1.29 is 14.3 Å². The number of nitrogens with one attached hydrogen (secondary N) is 2. The highest BCUT2D eigenvalue weighted by Crippen LogP contribution is 2.22. The number of urea groups is 1. The second-order valence-electron chi connectivity index (χ2n) is 4.85. The highest BCUT2D eigenvalue weighted by atomic mass is 16.5. The Morgan fingerprint density at radius 3 is 2.55 bits per heavy atom. The molecule has 0 saturated carbocycles. The molecule has 0 spiro atoms. The lowest BCUT2D eigenvalue weighted by molar-refractivity contribution is 0.0650. The minimum Gasteiger partial charge on any atom is -0.382 e. The van der Waals surface area contributed by atoms with Crippen LogP contribution in [0.15, 0.2) is 18.2 Å². The van der Waals surface area contributed by atoms with Crippen LogP contribution in [0, 0.1) is 6.92 Å². The van der Waals surface area contributed by atoms with Gasteiger partial charge in [0, 0.05) is 31.6 Å². The Hall–Kier alpha value is -1.79. The Kier molecular flexibility index (Phi) is 8.32. The highest BCUT2D eigenvalue weighted by molar-refractivity contribution is 5.90. The average molecular weight is 309 g/mol. The van der Waals surface area contributed by atoms with E-state index in [1.807, 2.05) is 19.1 Å². The molecule has 0 radical (unpaired) electrons. The average Bonchev–Trinajstić information content (AvgIpc) is 2.51. The van der Waals surface area contributed by atoms with E-state index in [0.29, 0.717) is 13.2 Å². The summed E-state index contributed by atoms with van der Waals surface area (Å²) >= 11 is 0. The van der Waals surface area contributed by atoms with E-state index < -0.39 is 0 Å². The third-order valence-corrected chi connectivity index (χ3v) is 3.35. The van der Waals surface area contributed by atoms with Crippen molar-refractivity contribution in [2.45, 2.75) is 20.8 Å². The number of hydrogen-bond acceptors (Lipinski definition) is 4. The van der Waals surface area contributed by atoms with Crippen LogP contribution in [0.5, 0.6) is 0 Å². The van der Waals surface area contributed by atoms with Crippen molar-refractivity contribution in [3.8, 4) is 0 Å². The predicted octanol–water partition coefficient (Wildman–Crippen LogP) is 2.58. The first kappa shape index (κ1) is 18.3. The number of aryl methyl sites for hydroxylation is 1. The summed E-state index contributed by atoms with van der Waals surface area (Å²) < 4.78 is 10.0. The van der Waals surface area contributed by atoms with Gasteiger partial charge in [-0.3, -0.25) is 0 Å². The third-order valence-electron chi connectivity index (χ3n) is 3.35. The Labute approximate surface area is 132 Å². The Balaban J connectivity index is 2.50. The van der Waals surface area contributed by atoms with Crippen LogP contribution in [0.3, 0.4) is 0 Å². The summed E-state index contributed by atoms with van der Waals surface area (Å²) in [6, 6.07) is 5.74. The maximum absolute atomic E-state index is 11.8. The van der Waals surface area contributed by atoms with Gasteiger partial charge < -0.3 is 25.0 Å². The van der Waals surface area contributed by atoms with E-state index in [9.17, 15) is 4.79 Å². The molecule has 2 amide bonds. The van der Waals surface area contributed by atoms with Crippen molar-refractivity contribution in [1.29, 1.82) is 0 Å². The molecule has 1 rings (SSSR count). The van der Waals surface area contributed by atoms with Crippen LogP contribution in [-0.4, -0.2) is 46.2 Å². The first-order valence-electron chi connectivity index (χ1n) is 7.59. The third kappa shape index (κ3) is 5.91. The first-order chi connectivity index (χ1) is 10.6. The van der Waals surface area contributed by atoms with E-state index in [-0.39, 0.29) is 12.8 Å². The zero-order chi connectivity index (χ0) is 16.4. The standard InChI is InChI=1S/C16H27N3O3/c1-5-19(6-2)14-7-8-15(13(3)11-14)18-16(20)17-12-22-10-9-21-4/h7-8,11H,5-6,9-10,12H2,1-4H3,(H2,17,18,20). The zero-order valence-electron chi connectivity index (χ0n) is 13.9. The van der Waals surface area contributed by atoms with Gasteiger partial charge >= 0.3 is 6.03 Å². The number of carbonyl (C=O) groups excluding carboxylic acids is 1. The van der Waals surface area contributed by atoms with Crippen molar-refractivity contribution in [1.82, 2.24) is 5.32 Å². The molecule has 2 N–H and O–H groups in total. The predicted molar refractivity (Wildman–Crippen MR) is 89.6 cm³/mol. The monoisotopic (exact) mass is 309 g/mol. The van der Waals surface area contributed by atoms with Gasteiger partial charge in [0.1, 0.15) is 6.73 Å². The molecule has 0 fully saturated rings. The van der Waals surface area contributed by atoms with Gasteiger partial charge in [0.05, 0.1) is 13.2 Å². The number of anilines is 2. The number of hydrogen-bond donors (Lipinski definition) is 2. The van der Waals surface area contributed by atoms with Gasteiger partial charge in [-0.25, -0.2) is 4.79 Å². The molecule has 1 aromatic carbocycles. The van der Waals surface area contributed by atoms with Crippen LogP contribution in [0.4, 0.5) is 16.2 Å². The highest BCUT2D eigenvalue weighted by Gasteiger charge is 2.07. The molecule has 0 heterocycles. The van der Waals surface area contributed by atoms with Gasteiger partial charge in [-0.15, -0.1) is 0 Å². The summed E-state index contributed by atoms with van der Waals surface area (Å²) in [4.78, 5) is 14.0. The van der Waals surface area contributed by atoms with E-state index in [0.717, 1.165) is 30.0 Å². The van der Waals surface area contributed by atoms with Crippen molar-refractivity contribution in [2.75, 3.05) is 50.4 Å². The quantitative estimate of drug-likeness (QED) is 0.544. The fourth-order valence-electron chi connectivity index (χ4n) is 2.07. The lowest BCUT2D eigenvalue weighted by Gasteiger charge is -2.22. The first-order valence-corrected chi connectivity index (χ1v) is 7.59. The fourth-order valence-corrected chi connectivity index (χ4v) is 2.07. The summed E-state index contributed by atoms with van der Waals surface area (Å²) in [6.45, 7) is 9.28. The van der Waals surface area contributed by atoms with Gasteiger partial charge in [0.15, 0.2) is 0 Å². The zero-order valence-corrected chi connectivity index (χ0v) is 13.9. The number of methoxy groups -OCH3 is 1. The number of benzene rings is 1. The van der Waals surface area contributed by atoms with E-state index in [1.165, 1.54) is 0 Å². The van der Waals surface area contributed by atoms with Crippen LogP contribution in [0.1, 0.15) is 19.4 Å². The molecule has 6 heteroatoms. The van der Waals surface area contributed by atoms with Crippen molar-refractivity contribution in [2.24, 2.45) is 0 Å². The molecule has 6 nitrogen and oxygen atoms in total. The van der Waals surface area contributed by atoms with Gasteiger partial charge in [-0.1, -0.05) is 0 Å². The normalized spacial score (nSPS) is 10.4. The summed E-state index contributed by atoms with van der Waals surface area (Å²) in [5, 5.41) is 5.46. The lowest BCUT2D eigenvalue weighted by atomic mass is 10.1. The SMILES string of the molecule is CCN(CC)c1ccc(NC(=O)NCOCCOC)c(C)c1. The van der Waals surface area contributed by atoms with E-state index in [2.05, 4.69) is 35.4 Å². The molecule has 0 aromatic heterocycles. The Morgan fingerprint density at radius 2 is 1.95 bits per heavy atom. The number of ether oxygens (including phenoxy) is 2. The van der Waals surface area contributed by atoms with E-state index in [4.69, 9.17) is 9.47 Å². The molecule has 1 aromatic rings. The lowest BCUT2D eigenvalue weighted by Crippen LogP contribution is -2.31. The molecule has 0 aliphatic rings. The number of carbonyl (C=O) groups is 1. The van der Waals surface area contributed by atoms with E-state index >= 15 is 0 Å². The molecule has 0 aliphatic heterocycles. The van der Waals surface area contributed by atoms with Crippen LogP contribution < -0.4 is 15.5 Å². The summed E-state index contributed by atoms with van der Waals surface area (Å²) in [5.41, 5.74) is 2.99. The van der Waals surface area contributed by atoms with Crippen molar-refractivity contribution in [3.63, 3.8) is 0 Å². The fraction of sp³-hybridized carbons (Fsp3) is 0.562. The second-order valence-corrected chi connectivity index (χ2v) is 4.85. The summed E-state index contributed by atoms with van der Waals surface area (Å²) in [7, 11) is 1.61. The number of rotatable bonds is 9. The van der Waals surface area contributed by atoms with Gasteiger partial charge in [0.2, 0.25) is 0 Å². The second kappa shape index (κ2) is 10.0. The summed E-state index contributed by atoms with van der Waals surface area (Å²) in [6.07, 6.45) is 0. The maximum atomic E-state index is 11.8. The molecule has 124 valence electrons. The minimum absolute atomic E-state index is 0.159. The topological polar surface area (TPSA) is 62.8 Å². The van der Waals surface area contributed by atoms with E-state index in [1.54, 1.807) is 7.11 Å². The molecular formula is C16H27N3O3. The Bertz CT molecular complexity index is 462. The smallest absolute Gasteiger partial charge is 0.321 e.